The molecule has 2 fully saturated rings. The highest BCUT2D eigenvalue weighted by molar-refractivity contribution is 7.80. The maximum Gasteiger partial charge on any atom is 0.166 e. The Balaban J connectivity index is 1.44. The molecule has 0 saturated heterocycles. The molecule has 0 unspecified atom stereocenters. The highest BCUT2D eigenvalue weighted by atomic mass is 32.1. The van der Waals surface area contributed by atoms with E-state index in [0.29, 0.717) is 12.6 Å². The molecule has 0 amide bonds. The van der Waals surface area contributed by atoms with Crippen molar-refractivity contribution in [1.29, 1.82) is 0 Å². The molecule has 0 radical (unpaired) electrons. The Kier molecular flexibility index (Phi) is 3.05. The zero-order valence-corrected chi connectivity index (χ0v) is 10.6. The molecule has 2 aliphatic carbocycles. The van der Waals surface area contributed by atoms with Gasteiger partial charge in [-0.3, -0.25) is 0 Å². The molecule has 1 heterocycles. The van der Waals surface area contributed by atoms with E-state index in [-0.39, 0.29) is 0 Å². The van der Waals surface area contributed by atoms with Crippen LogP contribution in [-0.2, 0) is 6.54 Å². The molecule has 17 heavy (non-hydrogen) atoms. The average Bonchev–Trinajstić information content (AvgIpc) is 3.03. The molecule has 1 aromatic heterocycles. The minimum absolute atomic E-state index is 0.602. The molecule has 3 atom stereocenters. The molecule has 2 saturated carbocycles. The van der Waals surface area contributed by atoms with Crippen LogP contribution in [0.25, 0.3) is 0 Å². The van der Waals surface area contributed by atoms with E-state index in [1.165, 1.54) is 25.7 Å². The van der Waals surface area contributed by atoms with Crippen molar-refractivity contribution >= 4 is 17.3 Å². The van der Waals surface area contributed by atoms with Gasteiger partial charge in [-0.2, -0.15) is 0 Å². The van der Waals surface area contributed by atoms with Crippen molar-refractivity contribution in [3.8, 4) is 0 Å². The number of nitrogens with one attached hydrogen (secondary N) is 2. The number of furan rings is 1. The zero-order valence-electron chi connectivity index (χ0n) is 9.82. The summed E-state index contributed by atoms with van der Waals surface area (Å²) in [5, 5.41) is 7.41. The van der Waals surface area contributed by atoms with Crippen molar-refractivity contribution in [2.24, 2.45) is 11.8 Å². The summed E-state index contributed by atoms with van der Waals surface area (Å²) in [6.07, 6.45) is 7.19. The predicted molar refractivity (Wildman–Crippen MR) is 70.5 cm³/mol. The maximum atomic E-state index is 5.32. The van der Waals surface area contributed by atoms with Gasteiger partial charge in [0.05, 0.1) is 12.8 Å². The summed E-state index contributed by atoms with van der Waals surface area (Å²) in [5.74, 6) is 2.72. The Morgan fingerprint density at radius 1 is 1.41 bits per heavy atom. The lowest BCUT2D eigenvalue weighted by Crippen LogP contribution is -2.43. The summed E-state index contributed by atoms with van der Waals surface area (Å²) in [7, 11) is 0. The van der Waals surface area contributed by atoms with Gasteiger partial charge in [0.2, 0.25) is 0 Å². The lowest BCUT2D eigenvalue weighted by Gasteiger charge is -2.24. The Bertz CT molecular complexity index is 390. The second-order valence-electron chi connectivity index (χ2n) is 5.19. The molecule has 0 aliphatic heterocycles. The second kappa shape index (κ2) is 4.69. The Labute approximate surface area is 107 Å². The van der Waals surface area contributed by atoms with Gasteiger partial charge in [0.1, 0.15) is 5.76 Å². The van der Waals surface area contributed by atoms with E-state index in [1.807, 2.05) is 12.1 Å². The minimum atomic E-state index is 0.602. The minimum Gasteiger partial charge on any atom is -0.467 e. The molecule has 0 spiro atoms. The summed E-state index contributed by atoms with van der Waals surface area (Å²) in [6, 6.07) is 4.45. The van der Waals surface area contributed by atoms with E-state index in [0.717, 1.165) is 22.7 Å². The normalized spacial score (nSPS) is 30.5. The van der Waals surface area contributed by atoms with Gasteiger partial charge in [-0.1, -0.05) is 6.42 Å². The second-order valence-corrected chi connectivity index (χ2v) is 5.60. The predicted octanol–water partition coefficient (Wildman–Crippen LogP) is 2.43. The molecule has 0 aromatic carbocycles. The fraction of sp³-hybridized carbons (Fsp3) is 0.615. The Morgan fingerprint density at radius 2 is 2.35 bits per heavy atom. The van der Waals surface area contributed by atoms with Gasteiger partial charge in [0, 0.05) is 6.04 Å². The van der Waals surface area contributed by atoms with Crippen molar-refractivity contribution in [3.05, 3.63) is 24.2 Å². The highest BCUT2D eigenvalue weighted by Crippen LogP contribution is 2.44. The monoisotopic (exact) mass is 250 g/mol. The van der Waals surface area contributed by atoms with Crippen LogP contribution >= 0.6 is 12.2 Å². The number of hydrogen-bond donors (Lipinski definition) is 2. The van der Waals surface area contributed by atoms with Crippen molar-refractivity contribution in [2.75, 3.05) is 0 Å². The lowest BCUT2D eigenvalue weighted by atomic mass is 9.96. The van der Waals surface area contributed by atoms with E-state index in [1.54, 1.807) is 6.26 Å². The molecular formula is C13H18N2OS. The van der Waals surface area contributed by atoms with E-state index in [2.05, 4.69) is 10.6 Å². The van der Waals surface area contributed by atoms with Crippen LogP contribution < -0.4 is 10.6 Å². The molecule has 2 aliphatic rings. The van der Waals surface area contributed by atoms with E-state index in [9.17, 15) is 0 Å². The first-order valence-electron chi connectivity index (χ1n) is 6.38. The maximum absolute atomic E-state index is 5.32. The number of hydrogen-bond acceptors (Lipinski definition) is 2. The van der Waals surface area contributed by atoms with Crippen molar-refractivity contribution < 1.29 is 4.42 Å². The van der Waals surface area contributed by atoms with Crippen LogP contribution in [-0.4, -0.2) is 11.2 Å². The fourth-order valence-corrected chi connectivity index (χ4v) is 3.45. The van der Waals surface area contributed by atoms with Crippen LogP contribution in [0.1, 0.15) is 31.4 Å². The van der Waals surface area contributed by atoms with Crippen molar-refractivity contribution in [2.45, 2.75) is 38.3 Å². The van der Waals surface area contributed by atoms with Crippen molar-refractivity contribution in [1.82, 2.24) is 10.6 Å². The van der Waals surface area contributed by atoms with Gasteiger partial charge >= 0.3 is 0 Å². The quantitative estimate of drug-likeness (QED) is 0.808. The van der Waals surface area contributed by atoms with Crippen LogP contribution in [0, 0.1) is 11.8 Å². The Hall–Kier alpha value is -1.03. The van der Waals surface area contributed by atoms with Crippen LogP contribution in [0.2, 0.25) is 0 Å². The number of fused-ring (bicyclic) bond motifs is 2. The van der Waals surface area contributed by atoms with Gasteiger partial charge in [-0.15, -0.1) is 0 Å². The first kappa shape index (κ1) is 11.1. The molecule has 3 rings (SSSR count). The van der Waals surface area contributed by atoms with Gasteiger partial charge in [-0.05, 0) is 55.4 Å². The third kappa shape index (κ3) is 2.46. The zero-order chi connectivity index (χ0) is 11.7. The molecule has 2 N–H and O–H groups in total. The highest BCUT2D eigenvalue weighted by Gasteiger charge is 2.39. The first-order chi connectivity index (χ1) is 8.31. The molecule has 2 bridgehead atoms. The van der Waals surface area contributed by atoms with E-state index < -0.39 is 0 Å². The topological polar surface area (TPSA) is 37.2 Å². The number of rotatable bonds is 3. The summed E-state index contributed by atoms with van der Waals surface area (Å²) in [6.45, 7) is 0.666. The first-order valence-corrected chi connectivity index (χ1v) is 6.79. The average molecular weight is 250 g/mol. The summed E-state index contributed by atoms with van der Waals surface area (Å²) in [5.41, 5.74) is 0. The van der Waals surface area contributed by atoms with Gasteiger partial charge in [0.15, 0.2) is 5.11 Å². The van der Waals surface area contributed by atoms with Crippen LogP contribution in [0.15, 0.2) is 22.8 Å². The smallest absolute Gasteiger partial charge is 0.166 e. The Morgan fingerprint density at radius 3 is 3.00 bits per heavy atom. The molecule has 4 heteroatoms. The SMILES string of the molecule is S=C(NCc1ccco1)N[C@H]1C[C@H]2CC[C@@H]1C2. The summed E-state index contributed by atoms with van der Waals surface area (Å²) >= 11 is 5.32. The summed E-state index contributed by atoms with van der Waals surface area (Å²) < 4.78 is 5.25. The standard InChI is InChI=1S/C13H18N2OS/c17-13(14-8-11-2-1-5-16-11)15-12-7-9-3-4-10(12)6-9/h1-2,5,9-10,12H,3-4,6-8H2,(H2,14,15,17)/t9-,10+,12-/m0/s1. The van der Waals surface area contributed by atoms with Crippen LogP contribution in [0.3, 0.4) is 0 Å². The molecule has 92 valence electrons. The van der Waals surface area contributed by atoms with Crippen LogP contribution in [0.5, 0.6) is 0 Å². The largest absolute Gasteiger partial charge is 0.467 e. The fourth-order valence-electron chi connectivity index (χ4n) is 3.22. The van der Waals surface area contributed by atoms with E-state index >= 15 is 0 Å². The summed E-state index contributed by atoms with van der Waals surface area (Å²) in [4.78, 5) is 0. The third-order valence-electron chi connectivity index (χ3n) is 4.06. The van der Waals surface area contributed by atoms with Crippen molar-refractivity contribution in [3.63, 3.8) is 0 Å². The van der Waals surface area contributed by atoms with E-state index in [4.69, 9.17) is 16.6 Å². The van der Waals surface area contributed by atoms with Gasteiger partial charge < -0.3 is 15.1 Å². The van der Waals surface area contributed by atoms with Gasteiger partial charge in [0.25, 0.3) is 0 Å². The lowest BCUT2D eigenvalue weighted by molar-refractivity contribution is 0.388. The molecule has 3 nitrogen and oxygen atoms in total. The van der Waals surface area contributed by atoms with Gasteiger partial charge in [-0.25, -0.2) is 0 Å². The third-order valence-corrected chi connectivity index (χ3v) is 4.32. The number of thiocarbonyl (C=S) groups is 1. The molecular weight excluding hydrogens is 232 g/mol. The molecule has 1 aromatic rings. The van der Waals surface area contributed by atoms with Crippen LogP contribution in [0.4, 0.5) is 0 Å².